The zero-order valence-corrected chi connectivity index (χ0v) is 9.57. The first kappa shape index (κ1) is 11.0. The maximum absolute atomic E-state index is 8.69. The first-order valence-electron chi connectivity index (χ1n) is 5.37. The molecule has 0 aromatic heterocycles. The van der Waals surface area contributed by atoms with E-state index in [1.165, 1.54) is 5.56 Å². The Labute approximate surface area is 101 Å². The molecule has 1 nitrogen and oxygen atoms in total. The van der Waals surface area contributed by atoms with Crippen molar-refractivity contribution in [2.24, 2.45) is 0 Å². The second-order valence-electron chi connectivity index (χ2n) is 3.75. The molecule has 1 heteroatoms. The van der Waals surface area contributed by atoms with E-state index in [1.54, 1.807) is 12.1 Å². The summed E-state index contributed by atoms with van der Waals surface area (Å²) < 4.78 is 0. The average molecular weight is 217 g/mol. The van der Waals surface area contributed by atoms with Gasteiger partial charge in [-0.2, -0.15) is 5.26 Å². The smallest absolute Gasteiger partial charge is 0.0991 e. The normalized spacial score (nSPS) is 8.94. The fourth-order valence-electron chi connectivity index (χ4n) is 1.48. The predicted molar refractivity (Wildman–Crippen MR) is 68.3 cm³/mol. The molecular weight excluding hydrogens is 206 g/mol. The Bertz CT molecular complexity index is 619. The van der Waals surface area contributed by atoms with Crippen LogP contribution in [0.15, 0.2) is 48.5 Å². The lowest BCUT2D eigenvalue weighted by Crippen LogP contribution is -1.81. The van der Waals surface area contributed by atoms with Gasteiger partial charge in [-0.25, -0.2) is 0 Å². The fourth-order valence-corrected chi connectivity index (χ4v) is 1.48. The van der Waals surface area contributed by atoms with Crippen LogP contribution in [-0.4, -0.2) is 0 Å². The maximum atomic E-state index is 8.69. The van der Waals surface area contributed by atoms with Crippen molar-refractivity contribution in [1.29, 1.82) is 5.26 Å². The Balaban J connectivity index is 2.28. The second kappa shape index (κ2) is 5.01. The summed E-state index contributed by atoms with van der Waals surface area (Å²) >= 11 is 0. The molecule has 0 atom stereocenters. The molecule has 0 unspecified atom stereocenters. The largest absolute Gasteiger partial charge is 0.192 e. The molecule has 0 heterocycles. The summed E-state index contributed by atoms with van der Waals surface area (Å²) in [6.07, 6.45) is 0. The van der Waals surface area contributed by atoms with E-state index in [9.17, 15) is 0 Å². The van der Waals surface area contributed by atoms with E-state index in [0.717, 1.165) is 11.1 Å². The molecule has 0 aliphatic heterocycles. The Morgan fingerprint density at radius 3 is 2.12 bits per heavy atom. The second-order valence-corrected chi connectivity index (χ2v) is 3.75. The number of hydrogen-bond acceptors (Lipinski definition) is 1. The van der Waals surface area contributed by atoms with Gasteiger partial charge in [0, 0.05) is 11.1 Å². The minimum absolute atomic E-state index is 0.659. The van der Waals surface area contributed by atoms with Gasteiger partial charge < -0.3 is 0 Å². The van der Waals surface area contributed by atoms with Crippen molar-refractivity contribution in [3.8, 4) is 17.9 Å². The van der Waals surface area contributed by atoms with Gasteiger partial charge in [0.15, 0.2) is 0 Å². The summed E-state index contributed by atoms with van der Waals surface area (Å²) in [5.41, 5.74) is 3.80. The monoisotopic (exact) mass is 217 g/mol. The Morgan fingerprint density at radius 2 is 1.47 bits per heavy atom. The minimum atomic E-state index is 0.659. The number of aryl methyl sites for hydroxylation is 1. The zero-order valence-electron chi connectivity index (χ0n) is 9.57. The molecular formula is C16H11N. The van der Waals surface area contributed by atoms with E-state index < -0.39 is 0 Å². The topological polar surface area (TPSA) is 23.8 Å². The quantitative estimate of drug-likeness (QED) is 0.621. The molecule has 0 saturated heterocycles. The van der Waals surface area contributed by atoms with Gasteiger partial charge in [-0.3, -0.25) is 0 Å². The van der Waals surface area contributed by atoms with Crippen LogP contribution in [0.25, 0.3) is 0 Å². The molecule has 0 fully saturated rings. The van der Waals surface area contributed by atoms with Gasteiger partial charge in [0.1, 0.15) is 0 Å². The zero-order chi connectivity index (χ0) is 12.1. The molecule has 0 spiro atoms. The van der Waals surface area contributed by atoms with Crippen LogP contribution < -0.4 is 0 Å². The minimum Gasteiger partial charge on any atom is -0.192 e. The van der Waals surface area contributed by atoms with Gasteiger partial charge in [0.2, 0.25) is 0 Å². The van der Waals surface area contributed by atoms with E-state index in [1.807, 2.05) is 43.3 Å². The van der Waals surface area contributed by atoms with E-state index in [0.29, 0.717) is 5.56 Å². The lowest BCUT2D eigenvalue weighted by atomic mass is 10.1. The number of nitriles is 1. The molecule has 2 aromatic carbocycles. The molecule has 0 amide bonds. The molecule has 0 radical (unpaired) electrons. The van der Waals surface area contributed by atoms with Crippen LogP contribution in [0.5, 0.6) is 0 Å². The van der Waals surface area contributed by atoms with Crippen LogP contribution in [0, 0.1) is 30.1 Å². The van der Waals surface area contributed by atoms with Gasteiger partial charge in [0.25, 0.3) is 0 Å². The van der Waals surface area contributed by atoms with Crippen molar-refractivity contribution in [3.05, 3.63) is 70.8 Å². The maximum Gasteiger partial charge on any atom is 0.0991 e. The highest BCUT2D eigenvalue weighted by molar-refractivity contribution is 5.47. The van der Waals surface area contributed by atoms with Crippen LogP contribution in [0.4, 0.5) is 0 Å². The summed E-state index contributed by atoms with van der Waals surface area (Å²) in [7, 11) is 0. The van der Waals surface area contributed by atoms with Gasteiger partial charge in [0.05, 0.1) is 11.6 Å². The van der Waals surface area contributed by atoms with Crippen molar-refractivity contribution in [1.82, 2.24) is 0 Å². The number of benzene rings is 2. The molecule has 2 aromatic rings. The van der Waals surface area contributed by atoms with Crippen molar-refractivity contribution < 1.29 is 0 Å². The van der Waals surface area contributed by atoms with Gasteiger partial charge in [-0.1, -0.05) is 30.0 Å². The number of hydrogen-bond donors (Lipinski definition) is 0. The van der Waals surface area contributed by atoms with E-state index in [4.69, 9.17) is 5.26 Å². The Hall–Kier alpha value is -2.51. The highest BCUT2D eigenvalue weighted by Crippen LogP contribution is 2.06. The summed E-state index contributed by atoms with van der Waals surface area (Å²) in [6, 6.07) is 17.4. The summed E-state index contributed by atoms with van der Waals surface area (Å²) in [4.78, 5) is 0. The Morgan fingerprint density at radius 1 is 0.824 bits per heavy atom. The molecule has 80 valence electrons. The van der Waals surface area contributed by atoms with Gasteiger partial charge in [-0.05, 0) is 42.8 Å². The van der Waals surface area contributed by atoms with Crippen LogP contribution in [-0.2, 0) is 0 Å². The average Bonchev–Trinajstić information content (AvgIpc) is 2.38. The molecule has 17 heavy (non-hydrogen) atoms. The highest BCUT2D eigenvalue weighted by Gasteiger charge is 1.92. The van der Waals surface area contributed by atoms with Crippen LogP contribution in [0.3, 0.4) is 0 Å². The van der Waals surface area contributed by atoms with Gasteiger partial charge >= 0.3 is 0 Å². The van der Waals surface area contributed by atoms with E-state index in [2.05, 4.69) is 17.9 Å². The first-order valence-corrected chi connectivity index (χ1v) is 5.37. The first-order chi connectivity index (χ1) is 8.29. The van der Waals surface area contributed by atoms with E-state index >= 15 is 0 Å². The fraction of sp³-hybridized carbons (Fsp3) is 0.0625. The molecule has 0 bridgehead atoms. The lowest BCUT2D eigenvalue weighted by molar-refractivity contribution is 1.44. The lowest BCUT2D eigenvalue weighted by Gasteiger charge is -1.95. The van der Waals surface area contributed by atoms with E-state index in [-0.39, 0.29) is 0 Å². The molecule has 0 N–H and O–H groups in total. The molecule has 0 saturated carbocycles. The summed E-state index contributed by atoms with van der Waals surface area (Å²) in [5.74, 6) is 6.23. The summed E-state index contributed by atoms with van der Waals surface area (Å²) in [5, 5.41) is 8.69. The number of rotatable bonds is 0. The standard InChI is InChI=1S/C16H11N/c1-13-4-2-3-5-16(13)11-10-14-6-8-15(12-17)9-7-14/h2-9H,1H3. The summed E-state index contributed by atoms with van der Waals surface area (Å²) in [6.45, 7) is 2.04. The third-order valence-electron chi connectivity index (χ3n) is 2.50. The highest BCUT2D eigenvalue weighted by atomic mass is 14.2. The Kier molecular flexibility index (Phi) is 3.24. The molecule has 0 aliphatic rings. The van der Waals surface area contributed by atoms with Crippen molar-refractivity contribution in [2.75, 3.05) is 0 Å². The third-order valence-corrected chi connectivity index (χ3v) is 2.50. The van der Waals surface area contributed by atoms with Crippen molar-refractivity contribution >= 4 is 0 Å². The van der Waals surface area contributed by atoms with Gasteiger partial charge in [-0.15, -0.1) is 0 Å². The number of nitrogens with zero attached hydrogens (tertiary/aromatic N) is 1. The predicted octanol–water partition coefficient (Wildman–Crippen LogP) is 3.27. The van der Waals surface area contributed by atoms with Crippen LogP contribution in [0.1, 0.15) is 22.3 Å². The SMILES string of the molecule is Cc1ccccc1C#Cc1ccc(C#N)cc1. The van der Waals surface area contributed by atoms with Crippen molar-refractivity contribution in [3.63, 3.8) is 0 Å². The van der Waals surface area contributed by atoms with Crippen LogP contribution in [0.2, 0.25) is 0 Å². The van der Waals surface area contributed by atoms with Crippen molar-refractivity contribution in [2.45, 2.75) is 6.92 Å². The van der Waals surface area contributed by atoms with Crippen LogP contribution >= 0.6 is 0 Å². The molecule has 0 aliphatic carbocycles. The third kappa shape index (κ3) is 2.74. The molecule has 2 rings (SSSR count).